The van der Waals surface area contributed by atoms with Crippen LogP contribution < -0.4 is 15.1 Å². The Morgan fingerprint density at radius 1 is 1.20 bits per heavy atom. The van der Waals surface area contributed by atoms with Crippen molar-refractivity contribution in [2.45, 2.75) is 6.42 Å². The normalized spacial score (nSPS) is 17.1. The van der Waals surface area contributed by atoms with Crippen molar-refractivity contribution < 1.29 is 14.3 Å². The SMILES string of the molecule is COc1ccccc1/C=N\NC(=O)[C@H]1CC(=O)N(c2ccccc2)C1. The molecular weight excluding hydrogens is 318 g/mol. The topological polar surface area (TPSA) is 71.0 Å². The van der Waals surface area contributed by atoms with Crippen LogP contribution in [0.25, 0.3) is 0 Å². The molecule has 1 saturated heterocycles. The van der Waals surface area contributed by atoms with Gasteiger partial charge in [0.2, 0.25) is 11.8 Å². The molecule has 2 aromatic carbocycles. The fourth-order valence-corrected chi connectivity index (χ4v) is 2.77. The van der Waals surface area contributed by atoms with Crippen LogP contribution in [0.15, 0.2) is 59.7 Å². The summed E-state index contributed by atoms with van der Waals surface area (Å²) in [6, 6.07) is 16.7. The van der Waals surface area contributed by atoms with Crippen LogP contribution in [0.1, 0.15) is 12.0 Å². The molecule has 25 heavy (non-hydrogen) atoms. The zero-order valence-electron chi connectivity index (χ0n) is 13.9. The second kappa shape index (κ2) is 7.61. The van der Waals surface area contributed by atoms with Crippen molar-refractivity contribution in [2.24, 2.45) is 11.0 Å². The molecule has 3 rings (SSSR count). The third-order valence-electron chi connectivity index (χ3n) is 4.08. The number of hydrazone groups is 1. The Bertz CT molecular complexity index is 790. The van der Waals surface area contributed by atoms with Gasteiger partial charge in [-0.15, -0.1) is 0 Å². The van der Waals surface area contributed by atoms with E-state index in [-0.39, 0.29) is 18.2 Å². The first-order chi connectivity index (χ1) is 12.2. The lowest BCUT2D eigenvalue weighted by molar-refractivity contribution is -0.126. The zero-order valence-corrected chi connectivity index (χ0v) is 13.9. The molecule has 0 aromatic heterocycles. The van der Waals surface area contributed by atoms with E-state index in [1.807, 2.05) is 54.6 Å². The lowest BCUT2D eigenvalue weighted by atomic mass is 10.1. The minimum Gasteiger partial charge on any atom is -0.496 e. The summed E-state index contributed by atoms with van der Waals surface area (Å²) in [6.45, 7) is 0.360. The second-order valence-electron chi connectivity index (χ2n) is 5.72. The third kappa shape index (κ3) is 3.85. The second-order valence-corrected chi connectivity index (χ2v) is 5.72. The van der Waals surface area contributed by atoms with Crippen molar-refractivity contribution in [3.05, 3.63) is 60.2 Å². The van der Waals surface area contributed by atoms with Crippen molar-refractivity contribution in [3.8, 4) is 5.75 Å². The van der Waals surface area contributed by atoms with E-state index in [9.17, 15) is 9.59 Å². The lowest BCUT2D eigenvalue weighted by Crippen LogP contribution is -2.30. The van der Waals surface area contributed by atoms with Crippen LogP contribution in [0.4, 0.5) is 5.69 Å². The van der Waals surface area contributed by atoms with Gasteiger partial charge in [-0.1, -0.05) is 30.3 Å². The molecule has 2 amide bonds. The van der Waals surface area contributed by atoms with Crippen LogP contribution >= 0.6 is 0 Å². The van der Waals surface area contributed by atoms with Gasteiger partial charge in [0.25, 0.3) is 0 Å². The number of ether oxygens (including phenoxy) is 1. The van der Waals surface area contributed by atoms with Gasteiger partial charge in [0, 0.05) is 24.2 Å². The number of carbonyl (C=O) groups is 2. The van der Waals surface area contributed by atoms with E-state index in [1.54, 1.807) is 12.0 Å². The van der Waals surface area contributed by atoms with E-state index >= 15 is 0 Å². The summed E-state index contributed by atoms with van der Waals surface area (Å²) in [5.74, 6) is -0.0627. The minimum atomic E-state index is -0.414. The van der Waals surface area contributed by atoms with Gasteiger partial charge in [-0.2, -0.15) is 5.10 Å². The third-order valence-corrected chi connectivity index (χ3v) is 4.08. The number of nitrogens with one attached hydrogen (secondary N) is 1. The summed E-state index contributed by atoms with van der Waals surface area (Å²) in [4.78, 5) is 26.1. The zero-order chi connectivity index (χ0) is 17.6. The molecule has 2 aromatic rings. The Labute approximate surface area is 146 Å². The highest BCUT2D eigenvalue weighted by molar-refractivity contribution is 6.00. The predicted octanol–water partition coefficient (Wildman–Crippen LogP) is 2.20. The number of hydrogen-bond donors (Lipinski definition) is 1. The van der Waals surface area contributed by atoms with Gasteiger partial charge < -0.3 is 9.64 Å². The van der Waals surface area contributed by atoms with Crippen LogP contribution in [0, 0.1) is 5.92 Å². The Morgan fingerprint density at radius 3 is 2.68 bits per heavy atom. The molecule has 1 atom stereocenters. The Morgan fingerprint density at radius 2 is 1.92 bits per heavy atom. The van der Waals surface area contributed by atoms with E-state index in [0.29, 0.717) is 12.3 Å². The molecule has 1 heterocycles. The molecule has 1 fully saturated rings. The van der Waals surface area contributed by atoms with E-state index < -0.39 is 5.92 Å². The van der Waals surface area contributed by atoms with Crippen molar-refractivity contribution in [1.29, 1.82) is 0 Å². The molecule has 0 radical (unpaired) electrons. The van der Waals surface area contributed by atoms with Crippen LogP contribution in [-0.4, -0.2) is 31.7 Å². The Balaban J connectivity index is 1.61. The van der Waals surface area contributed by atoms with Crippen LogP contribution in [0.5, 0.6) is 5.75 Å². The van der Waals surface area contributed by atoms with E-state index in [0.717, 1.165) is 11.3 Å². The fourth-order valence-electron chi connectivity index (χ4n) is 2.77. The van der Waals surface area contributed by atoms with Gasteiger partial charge in [-0.05, 0) is 24.3 Å². The maximum absolute atomic E-state index is 12.3. The number of nitrogens with zero attached hydrogens (tertiary/aromatic N) is 2. The van der Waals surface area contributed by atoms with Crippen LogP contribution in [0.3, 0.4) is 0 Å². The molecule has 0 unspecified atom stereocenters. The van der Waals surface area contributed by atoms with Crippen molar-refractivity contribution in [3.63, 3.8) is 0 Å². The lowest BCUT2D eigenvalue weighted by Gasteiger charge is -2.16. The Kier molecular flexibility index (Phi) is 5.09. The standard InChI is InChI=1S/C19H19N3O3/c1-25-17-10-6-5-7-14(17)12-20-21-19(24)15-11-18(23)22(13-15)16-8-3-2-4-9-16/h2-10,12,15H,11,13H2,1H3,(H,21,24)/b20-12-/t15-/m0/s1. The van der Waals surface area contributed by atoms with Crippen molar-refractivity contribution in [2.75, 3.05) is 18.6 Å². The largest absolute Gasteiger partial charge is 0.496 e. The highest BCUT2D eigenvalue weighted by Gasteiger charge is 2.34. The maximum Gasteiger partial charge on any atom is 0.245 e. The Hall–Kier alpha value is -3.15. The molecule has 0 aliphatic carbocycles. The molecule has 1 N–H and O–H groups in total. The van der Waals surface area contributed by atoms with Crippen LogP contribution in [0.2, 0.25) is 0 Å². The van der Waals surface area contributed by atoms with Gasteiger partial charge in [-0.25, -0.2) is 5.43 Å². The molecule has 0 saturated carbocycles. The number of carbonyl (C=O) groups excluding carboxylic acids is 2. The summed E-state index contributed by atoms with van der Waals surface area (Å²) in [5.41, 5.74) is 4.08. The van der Waals surface area contributed by atoms with Gasteiger partial charge in [0.05, 0.1) is 19.2 Å². The average Bonchev–Trinajstić information content (AvgIpc) is 3.04. The monoisotopic (exact) mass is 337 g/mol. The van der Waals surface area contributed by atoms with Gasteiger partial charge in [0.1, 0.15) is 5.75 Å². The number of methoxy groups -OCH3 is 1. The highest BCUT2D eigenvalue weighted by Crippen LogP contribution is 2.24. The average molecular weight is 337 g/mol. The van der Waals surface area contributed by atoms with E-state index in [1.165, 1.54) is 6.21 Å². The summed E-state index contributed by atoms with van der Waals surface area (Å²) in [7, 11) is 1.58. The first-order valence-corrected chi connectivity index (χ1v) is 8.00. The smallest absolute Gasteiger partial charge is 0.245 e. The maximum atomic E-state index is 12.3. The summed E-state index contributed by atoms with van der Waals surface area (Å²) in [6.07, 6.45) is 1.72. The molecule has 128 valence electrons. The van der Waals surface area contributed by atoms with Crippen LogP contribution in [-0.2, 0) is 9.59 Å². The number of para-hydroxylation sites is 2. The molecular formula is C19H19N3O3. The molecule has 6 heteroatoms. The van der Waals surface area contributed by atoms with Gasteiger partial charge in [-0.3, -0.25) is 9.59 Å². The number of amides is 2. The number of benzene rings is 2. The number of hydrogen-bond acceptors (Lipinski definition) is 4. The molecule has 0 bridgehead atoms. The van der Waals surface area contributed by atoms with Gasteiger partial charge >= 0.3 is 0 Å². The predicted molar refractivity (Wildman–Crippen MR) is 95.6 cm³/mol. The van der Waals surface area contributed by atoms with E-state index in [2.05, 4.69) is 10.5 Å². The van der Waals surface area contributed by atoms with Crippen molar-refractivity contribution >= 4 is 23.7 Å². The fraction of sp³-hybridized carbons (Fsp3) is 0.211. The van der Waals surface area contributed by atoms with Crippen molar-refractivity contribution in [1.82, 2.24) is 5.43 Å². The number of anilines is 1. The number of rotatable bonds is 5. The molecule has 0 spiro atoms. The first kappa shape index (κ1) is 16.7. The minimum absolute atomic E-state index is 0.0555. The summed E-state index contributed by atoms with van der Waals surface area (Å²) < 4.78 is 5.22. The molecule has 1 aliphatic rings. The first-order valence-electron chi connectivity index (χ1n) is 8.00. The quantitative estimate of drug-likeness (QED) is 0.672. The molecule has 6 nitrogen and oxygen atoms in total. The molecule has 1 aliphatic heterocycles. The van der Waals surface area contributed by atoms with Gasteiger partial charge in [0.15, 0.2) is 0 Å². The highest BCUT2D eigenvalue weighted by atomic mass is 16.5. The van der Waals surface area contributed by atoms with E-state index in [4.69, 9.17) is 4.74 Å². The summed E-state index contributed by atoms with van der Waals surface area (Å²) >= 11 is 0. The summed E-state index contributed by atoms with van der Waals surface area (Å²) in [5, 5.41) is 3.98.